The summed E-state index contributed by atoms with van der Waals surface area (Å²) < 4.78 is 45.6. The number of benzene rings is 1. The quantitative estimate of drug-likeness (QED) is 0.561. The van der Waals surface area contributed by atoms with E-state index in [-0.39, 0.29) is 13.2 Å². The van der Waals surface area contributed by atoms with Crippen molar-refractivity contribution in [3.63, 3.8) is 0 Å². The van der Waals surface area contributed by atoms with E-state index in [4.69, 9.17) is 9.84 Å². The largest absolute Gasteiger partial charge is 0.573 e. The van der Waals surface area contributed by atoms with E-state index < -0.39 is 35.6 Å². The molecule has 0 radical (unpaired) electrons. The number of carbonyl (C=O) groups is 2. The number of aliphatic carboxylic acids is 1. The first kappa shape index (κ1) is 18.5. The Morgan fingerprint density at radius 3 is 2.57 bits per heavy atom. The summed E-state index contributed by atoms with van der Waals surface area (Å²) in [6.07, 6.45) is -3.59. The summed E-state index contributed by atoms with van der Waals surface area (Å²) in [6.45, 7) is 3.07. The Balaban J connectivity index is 2.87. The standard InChI is InChI=1S/C14H14F3NO5/c1-2-7-22-8-10(13(20)21)18-12(19)9-5-3-4-6-11(9)23-14(15,16)17/h2-6,10H,1,7-8H2,(H,18,19)(H,20,21). The first-order valence-corrected chi connectivity index (χ1v) is 6.31. The third kappa shape index (κ3) is 6.39. The topological polar surface area (TPSA) is 84.9 Å². The highest BCUT2D eigenvalue weighted by Gasteiger charge is 2.33. The zero-order valence-corrected chi connectivity index (χ0v) is 11.8. The zero-order valence-electron chi connectivity index (χ0n) is 11.8. The van der Waals surface area contributed by atoms with Crippen molar-refractivity contribution in [1.29, 1.82) is 0 Å². The van der Waals surface area contributed by atoms with Gasteiger partial charge in [-0.15, -0.1) is 19.8 Å². The Morgan fingerprint density at radius 2 is 2.00 bits per heavy atom. The molecule has 1 atom stereocenters. The molecule has 6 nitrogen and oxygen atoms in total. The van der Waals surface area contributed by atoms with Gasteiger partial charge < -0.3 is 19.9 Å². The molecule has 1 amide bonds. The molecule has 0 bridgehead atoms. The van der Waals surface area contributed by atoms with Gasteiger partial charge in [-0.3, -0.25) is 4.79 Å². The molecule has 23 heavy (non-hydrogen) atoms. The van der Waals surface area contributed by atoms with E-state index in [9.17, 15) is 22.8 Å². The molecular weight excluding hydrogens is 319 g/mol. The van der Waals surface area contributed by atoms with Gasteiger partial charge in [0.1, 0.15) is 5.75 Å². The predicted molar refractivity (Wildman–Crippen MR) is 73.0 cm³/mol. The zero-order chi connectivity index (χ0) is 17.5. The fourth-order valence-corrected chi connectivity index (χ4v) is 1.55. The Hall–Kier alpha value is -2.55. The number of nitrogens with one attached hydrogen (secondary N) is 1. The Kier molecular flexibility index (Phi) is 6.58. The number of rotatable bonds is 8. The molecule has 1 unspecified atom stereocenters. The van der Waals surface area contributed by atoms with E-state index in [0.29, 0.717) is 0 Å². The van der Waals surface area contributed by atoms with Crippen LogP contribution in [0, 0.1) is 0 Å². The summed E-state index contributed by atoms with van der Waals surface area (Å²) in [5.41, 5.74) is -0.445. The van der Waals surface area contributed by atoms with Crippen LogP contribution in [0.3, 0.4) is 0 Å². The highest BCUT2D eigenvalue weighted by Crippen LogP contribution is 2.26. The number of carboxylic acid groups (broad SMARTS) is 1. The smallest absolute Gasteiger partial charge is 0.480 e. The van der Waals surface area contributed by atoms with Gasteiger partial charge in [-0.05, 0) is 12.1 Å². The fourth-order valence-electron chi connectivity index (χ4n) is 1.55. The van der Waals surface area contributed by atoms with Crippen LogP contribution in [0.25, 0.3) is 0 Å². The van der Waals surface area contributed by atoms with Gasteiger partial charge in [0.05, 0.1) is 18.8 Å². The molecule has 1 aromatic rings. The molecule has 0 spiro atoms. The lowest BCUT2D eigenvalue weighted by Gasteiger charge is -2.16. The molecule has 2 N–H and O–H groups in total. The van der Waals surface area contributed by atoms with Crippen molar-refractivity contribution in [3.8, 4) is 5.75 Å². The maximum absolute atomic E-state index is 12.3. The van der Waals surface area contributed by atoms with Gasteiger partial charge in [-0.2, -0.15) is 0 Å². The van der Waals surface area contributed by atoms with Crippen molar-refractivity contribution in [2.24, 2.45) is 0 Å². The van der Waals surface area contributed by atoms with Crippen LogP contribution in [0.2, 0.25) is 0 Å². The number of ether oxygens (including phenoxy) is 2. The highest BCUT2D eigenvalue weighted by atomic mass is 19.4. The first-order valence-electron chi connectivity index (χ1n) is 6.31. The van der Waals surface area contributed by atoms with Crippen molar-refractivity contribution in [3.05, 3.63) is 42.5 Å². The minimum absolute atomic E-state index is 0.0629. The van der Waals surface area contributed by atoms with Gasteiger partial charge in [0, 0.05) is 0 Å². The minimum Gasteiger partial charge on any atom is -0.480 e. The molecule has 0 fully saturated rings. The van der Waals surface area contributed by atoms with E-state index in [1.165, 1.54) is 18.2 Å². The van der Waals surface area contributed by atoms with Gasteiger partial charge in [-0.1, -0.05) is 18.2 Å². The Bertz CT molecular complexity index is 574. The second kappa shape index (κ2) is 8.18. The molecule has 0 saturated carbocycles. The number of hydrogen-bond donors (Lipinski definition) is 2. The lowest BCUT2D eigenvalue weighted by Crippen LogP contribution is -2.44. The van der Waals surface area contributed by atoms with Gasteiger partial charge in [0.15, 0.2) is 6.04 Å². The van der Waals surface area contributed by atoms with Gasteiger partial charge >= 0.3 is 12.3 Å². The third-order valence-electron chi connectivity index (χ3n) is 2.48. The summed E-state index contributed by atoms with van der Waals surface area (Å²) in [7, 11) is 0. The lowest BCUT2D eigenvalue weighted by atomic mass is 10.1. The summed E-state index contributed by atoms with van der Waals surface area (Å²) in [5, 5.41) is 11.1. The van der Waals surface area contributed by atoms with Crippen LogP contribution in [-0.2, 0) is 9.53 Å². The average molecular weight is 333 g/mol. The molecule has 1 aromatic carbocycles. The van der Waals surface area contributed by atoms with Gasteiger partial charge in [-0.25, -0.2) is 4.79 Å². The number of carboxylic acids is 1. The minimum atomic E-state index is -4.98. The second-order valence-corrected chi connectivity index (χ2v) is 4.23. The van der Waals surface area contributed by atoms with Crippen LogP contribution < -0.4 is 10.1 Å². The SMILES string of the molecule is C=CCOCC(NC(=O)c1ccccc1OC(F)(F)F)C(=O)O. The van der Waals surface area contributed by atoms with Crippen LogP contribution in [0.15, 0.2) is 36.9 Å². The molecule has 0 aliphatic heterocycles. The van der Waals surface area contributed by atoms with Gasteiger partial charge in [0.25, 0.3) is 5.91 Å². The predicted octanol–water partition coefficient (Wildman–Crippen LogP) is 1.97. The van der Waals surface area contributed by atoms with E-state index in [1.54, 1.807) is 0 Å². The number of halogens is 3. The molecule has 0 saturated heterocycles. The number of hydrogen-bond acceptors (Lipinski definition) is 4. The van der Waals surface area contributed by atoms with Crippen molar-refractivity contribution < 1.29 is 37.3 Å². The molecule has 0 aliphatic rings. The Labute approximate surface area is 129 Å². The molecule has 9 heteroatoms. The van der Waals surface area contributed by atoms with Crippen molar-refractivity contribution in [2.45, 2.75) is 12.4 Å². The molecule has 0 heterocycles. The summed E-state index contributed by atoms with van der Waals surface area (Å²) in [4.78, 5) is 23.0. The van der Waals surface area contributed by atoms with E-state index >= 15 is 0 Å². The second-order valence-electron chi connectivity index (χ2n) is 4.23. The summed E-state index contributed by atoms with van der Waals surface area (Å²) >= 11 is 0. The maximum atomic E-state index is 12.3. The number of para-hydroxylation sites is 1. The van der Waals surface area contributed by atoms with Crippen molar-refractivity contribution in [1.82, 2.24) is 5.32 Å². The molecule has 1 rings (SSSR count). The first-order chi connectivity index (χ1) is 10.7. The van der Waals surface area contributed by atoms with Crippen molar-refractivity contribution >= 4 is 11.9 Å². The number of alkyl halides is 3. The molecule has 126 valence electrons. The van der Waals surface area contributed by atoms with Gasteiger partial charge in [0.2, 0.25) is 0 Å². The van der Waals surface area contributed by atoms with Crippen molar-refractivity contribution in [2.75, 3.05) is 13.2 Å². The molecular formula is C14H14F3NO5. The number of carbonyl (C=O) groups excluding carboxylic acids is 1. The Morgan fingerprint density at radius 1 is 1.35 bits per heavy atom. The third-order valence-corrected chi connectivity index (χ3v) is 2.48. The normalized spacial score (nSPS) is 12.3. The highest BCUT2D eigenvalue weighted by molar-refractivity contribution is 5.98. The lowest BCUT2D eigenvalue weighted by molar-refractivity contribution is -0.274. The summed E-state index contributed by atoms with van der Waals surface area (Å²) in [5.74, 6) is -3.15. The average Bonchev–Trinajstić information content (AvgIpc) is 2.45. The van der Waals surface area contributed by atoms with E-state index in [0.717, 1.165) is 12.1 Å². The van der Waals surface area contributed by atoms with E-state index in [1.807, 2.05) is 0 Å². The van der Waals surface area contributed by atoms with Crippen LogP contribution in [0.4, 0.5) is 13.2 Å². The fraction of sp³-hybridized carbons (Fsp3) is 0.286. The van der Waals surface area contributed by atoms with Crippen LogP contribution in [-0.4, -0.2) is 42.6 Å². The molecule has 0 aliphatic carbocycles. The van der Waals surface area contributed by atoms with Crippen LogP contribution in [0.1, 0.15) is 10.4 Å². The van der Waals surface area contributed by atoms with Crippen LogP contribution >= 0.6 is 0 Å². The maximum Gasteiger partial charge on any atom is 0.573 e. The van der Waals surface area contributed by atoms with Crippen LogP contribution in [0.5, 0.6) is 5.75 Å². The monoisotopic (exact) mass is 333 g/mol. The van der Waals surface area contributed by atoms with E-state index in [2.05, 4.69) is 16.6 Å². The molecule has 0 aromatic heterocycles. The summed E-state index contributed by atoms with van der Waals surface area (Å²) in [6, 6.07) is 3.18. The number of amides is 1.